The van der Waals surface area contributed by atoms with Crippen molar-refractivity contribution in [3.63, 3.8) is 0 Å². The number of carbonyl (C=O) groups is 1. The van der Waals surface area contributed by atoms with Crippen LogP contribution in [0.4, 0.5) is 30.9 Å². The van der Waals surface area contributed by atoms with Crippen molar-refractivity contribution in [2.45, 2.75) is 39.2 Å². The van der Waals surface area contributed by atoms with E-state index in [1.54, 1.807) is 11.0 Å². The summed E-state index contributed by atoms with van der Waals surface area (Å²) >= 11 is 0. The van der Waals surface area contributed by atoms with Gasteiger partial charge in [0.1, 0.15) is 35.2 Å². The number of nitrogens with zero attached hydrogens (tertiary/aromatic N) is 4. The summed E-state index contributed by atoms with van der Waals surface area (Å²) in [6, 6.07) is 4.91. The van der Waals surface area contributed by atoms with E-state index in [1.807, 2.05) is 32.7 Å². The molecule has 1 fully saturated rings. The first kappa shape index (κ1) is 22.7. The van der Waals surface area contributed by atoms with Crippen molar-refractivity contribution in [3.8, 4) is 0 Å². The van der Waals surface area contributed by atoms with E-state index < -0.39 is 17.2 Å². The summed E-state index contributed by atoms with van der Waals surface area (Å²) in [5.74, 6) is 0.348. The fourth-order valence-corrected chi connectivity index (χ4v) is 3.46. The maximum absolute atomic E-state index is 13.9. The highest BCUT2D eigenvalue weighted by Gasteiger charge is 2.27. The molecule has 1 aromatic heterocycles. The van der Waals surface area contributed by atoms with Gasteiger partial charge in [-0.05, 0) is 51.7 Å². The summed E-state index contributed by atoms with van der Waals surface area (Å²) in [7, 11) is 1.93. The summed E-state index contributed by atoms with van der Waals surface area (Å²) in [5, 5.41) is 2.80. The third kappa shape index (κ3) is 6.50. The predicted molar refractivity (Wildman–Crippen MR) is 115 cm³/mol. The molecule has 1 saturated heterocycles. The van der Waals surface area contributed by atoms with E-state index in [0.717, 1.165) is 37.6 Å². The quantitative estimate of drug-likeness (QED) is 0.744. The van der Waals surface area contributed by atoms with Gasteiger partial charge < -0.3 is 19.9 Å². The molecule has 3 rings (SSSR count). The summed E-state index contributed by atoms with van der Waals surface area (Å²) in [5.41, 5.74) is -0.483. The first-order chi connectivity index (χ1) is 14.6. The van der Waals surface area contributed by atoms with Crippen LogP contribution in [0.1, 0.15) is 33.6 Å². The third-order valence-electron chi connectivity index (χ3n) is 5.03. The molecule has 1 aromatic carbocycles. The fourth-order valence-electron chi connectivity index (χ4n) is 3.46. The molecule has 1 N–H and O–H groups in total. The maximum atomic E-state index is 13.9. The van der Waals surface area contributed by atoms with E-state index in [0.29, 0.717) is 30.6 Å². The van der Waals surface area contributed by atoms with E-state index in [9.17, 15) is 13.6 Å². The molecule has 168 valence electrons. The van der Waals surface area contributed by atoms with Crippen molar-refractivity contribution in [1.82, 2.24) is 14.9 Å². The van der Waals surface area contributed by atoms with Crippen LogP contribution in [0.3, 0.4) is 0 Å². The predicted octanol–water partition coefficient (Wildman–Crippen LogP) is 4.58. The van der Waals surface area contributed by atoms with Gasteiger partial charge in [0.05, 0.1) is 5.69 Å². The van der Waals surface area contributed by atoms with E-state index in [4.69, 9.17) is 4.74 Å². The van der Waals surface area contributed by atoms with E-state index >= 15 is 0 Å². The van der Waals surface area contributed by atoms with Gasteiger partial charge >= 0.3 is 6.09 Å². The first-order valence-corrected chi connectivity index (χ1v) is 10.3. The van der Waals surface area contributed by atoms with Crippen LogP contribution in [0.15, 0.2) is 30.6 Å². The van der Waals surface area contributed by atoms with Gasteiger partial charge in [-0.25, -0.2) is 23.5 Å². The van der Waals surface area contributed by atoms with Crippen molar-refractivity contribution in [3.05, 3.63) is 42.2 Å². The van der Waals surface area contributed by atoms with Gasteiger partial charge in [0.2, 0.25) is 0 Å². The molecule has 31 heavy (non-hydrogen) atoms. The lowest BCUT2D eigenvalue weighted by Crippen LogP contribution is -2.43. The lowest BCUT2D eigenvalue weighted by atomic mass is 9.96. The number of aromatic nitrogens is 2. The van der Waals surface area contributed by atoms with Crippen molar-refractivity contribution < 1.29 is 18.3 Å². The Labute approximate surface area is 181 Å². The van der Waals surface area contributed by atoms with Gasteiger partial charge in [-0.3, -0.25) is 0 Å². The standard InChI is InChI=1S/C22H29F2N5O2/c1-22(2,3)31-21(30)29-9-7-15(8-10-29)13-28(4)20-12-19(25-14-26-20)27-18-11-16(23)5-6-17(18)24/h5-6,11-12,14-15H,7-10,13H2,1-4H3,(H,25,26,27). The maximum Gasteiger partial charge on any atom is 0.410 e. The lowest BCUT2D eigenvalue weighted by Gasteiger charge is -2.35. The Morgan fingerprint density at radius 1 is 1.23 bits per heavy atom. The van der Waals surface area contributed by atoms with Gasteiger partial charge in [0.25, 0.3) is 0 Å². The second kappa shape index (κ2) is 9.45. The molecule has 0 radical (unpaired) electrons. The average molecular weight is 434 g/mol. The molecule has 0 spiro atoms. The number of nitrogens with one attached hydrogen (secondary N) is 1. The Morgan fingerprint density at radius 3 is 2.61 bits per heavy atom. The zero-order chi connectivity index (χ0) is 22.6. The number of ether oxygens (including phenoxy) is 1. The van der Waals surface area contributed by atoms with Crippen LogP contribution in [-0.2, 0) is 4.74 Å². The smallest absolute Gasteiger partial charge is 0.410 e. The number of piperidine rings is 1. The second-order valence-electron chi connectivity index (χ2n) is 8.80. The molecule has 1 amide bonds. The molecule has 0 aliphatic carbocycles. The zero-order valence-corrected chi connectivity index (χ0v) is 18.4. The monoisotopic (exact) mass is 433 g/mol. The van der Waals surface area contributed by atoms with Crippen molar-refractivity contribution in [1.29, 1.82) is 0 Å². The van der Waals surface area contributed by atoms with E-state index in [-0.39, 0.29) is 11.8 Å². The SMILES string of the molecule is CN(CC1CCN(C(=O)OC(C)(C)C)CC1)c1cc(Nc2cc(F)ccc2F)ncn1. The fraction of sp³-hybridized carbons (Fsp3) is 0.500. The van der Waals surface area contributed by atoms with Gasteiger partial charge in [0.15, 0.2) is 0 Å². The first-order valence-electron chi connectivity index (χ1n) is 10.3. The van der Waals surface area contributed by atoms with Crippen LogP contribution in [0.5, 0.6) is 0 Å². The number of carbonyl (C=O) groups excluding carboxylic acids is 1. The molecule has 0 bridgehead atoms. The Hall–Kier alpha value is -2.97. The molecule has 0 unspecified atom stereocenters. The number of halogens is 2. The molecule has 9 heteroatoms. The van der Waals surface area contributed by atoms with Crippen LogP contribution in [-0.4, -0.2) is 53.2 Å². The molecule has 0 saturated carbocycles. The number of anilines is 3. The van der Waals surface area contributed by atoms with Crippen molar-refractivity contribution in [2.75, 3.05) is 36.9 Å². The van der Waals surface area contributed by atoms with Crippen molar-refractivity contribution >= 4 is 23.4 Å². The molecular formula is C22H29F2N5O2. The molecule has 1 aliphatic heterocycles. The average Bonchev–Trinajstić information content (AvgIpc) is 2.70. The number of amides is 1. The molecule has 2 aromatic rings. The molecular weight excluding hydrogens is 404 g/mol. The van der Waals surface area contributed by atoms with Crippen LogP contribution < -0.4 is 10.2 Å². The number of rotatable bonds is 5. The molecule has 7 nitrogen and oxygen atoms in total. The highest BCUT2D eigenvalue weighted by Crippen LogP contribution is 2.24. The molecule has 0 atom stereocenters. The van der Waals surface area contributed by atoms with Gasteiger partial charge in [0, 0.05) is 38.8 Å². The van der Waals surface area contributed by atoms with Crippen molar-refractivity contribution in [2.24, 2.45) is 5.92 Å². The summed E-state index contributed by atoms with van der Waals surface area (Å²) in [6.45, 7) is 7.65. The van der Waals surface area contributed by atoms with Gasteiger partial charge in [-0.1, -0.05) is 0 Å². The summed E-state index contributed by atoms with van der Waals surface area (Å²) in [4.78, 5) is 24.4. The van der Waals surface area contributed by atoms with Crippen LogP contribution in [0, 0.1) is 17.6 Å². The Bertz CT molecular complexity index is 911. The number of hydrogen-bond donors (Lipinski definition) is 1. The Balaban J connectivity index is 1.55. The Morgan fingerprint density at radius 2 is 1.94 bits per heavy atom. The normalized spacial score (nSPS) is 15.0. The van der Waals surface area contributed by atoms with Gasteiger partial charge in [-0.2, -0.15) is 0 Å². The minimum atomic E-state index is -0.563. The number of benzene rings is 1. The third-order valence-corrected chi connectivity index (χ3v) is 5.03. The highest BCUT2D eigenvalue weighted by molar-refractivity contribution is 5.68. The molecule has 1 aliphatic rings. The van der Waals surface area contributed by atoms with Gasteiger partial charge in [-0.15, -0.1) is 0 Å². The topological polar surface area (TPSA) is 70.6 Å². The van der Waals surface area contributed by atoms with Crippen LogP contribution in [0.2, 0.25) is 0 Å². The van der Waals surface area contributed by atoms with E-state index in [2.05, 4.69) is 15.3 Å². The number of hydrogen-bond acceptors (Lipinski definition) is 6. The van der Waals surface area contributed by atoms with Crippen LogP contribution >= 0.6 is 0 Å². The number of likely N-dealkylation sites (tertiary alicyclic amines) is 1. The second-order valence-corrected chi connectivity index (χ2v) is 8.80. The zero-order valence-electron chi connectivity index (χ0n) is 18.4. The minimum Gasteiger partial charge on any atom is -0.444 e. The Kier molecular flexibility index (Phi) is 6.92. The summed E-state index contributed by atoms with van der Waals surface area (Å²) < 4.78 is 32.7. The lowest BCUT2D eigenvalue weighted by molar-refractivity contribution is 0.0186. The van der Waals surface area contributed by atoms with Crippen LogP contribution in [0.25, 0.3) is 0 Å². The molecule has 2 heterocycles. The minimum absolute atomic E-state index is 0.0156. The summed E-state index contributed by atoms with van der Waals surface area (Å²) in [6.07, 6.45) is 2.86. The highest BCUT2D eigenvalue weighted by atomic mass is 19.1. The van der Waals surface area contributed by atoms with E-state index in [1.165, 1.54) is 6.33 Å². The largest absolute Gasteiger partial charge is 0.444 e.